The fourth-order valence-corrected chi connectivity index (χ4v) is 6.26. The Hall–Kier alpha value is -3.28. The highest BCUT2D eigenvalue weighted by molar-refractivity contribution is 6.35. The summed E-state index contributed by atoms with van der Waals surface area (Å²) < 4.78 is 49.4. The van der Waals surface area contributed by atoms with Crippen molar-refractivity contribution in [2.24, 2.45) is 0 Å². The Kier molecular flexibility index (Phi) is 11.5. The molecular formula is C34H37Cl2F3N4O3. The van der Waals surface area contributed by atoms with Crippen LogP contribution in [0.25, 0.3) is 22.0 Å². The van der Waals surface area contributed by atoms with E-state index in [4.69, 9.17) is 27.9 Å². The van der Waals surface area contributed by atoms with E-state index in [1.54, 1.807) is 19.1 Å². The van der Waals surface area contributed by atoms with Crippen LogP contribution in [-0.2, 0) is 29.2 Å². The van der Waals surface area contributed by atoms with E-state index in [-0.39, 0.29) is 18.3 Å². The van der Waals surface area contributed by atoms with Crippen LogP contribution in [0.15, 0.2) is 66.9 Å². The van der Waals surface area contributed by atoms with Crippen molar-refractivity contribution in [1.29, 1.82) is 0 Å². The molecule has 0 spiro atoms. The number of carbonyl (C=O) groups is 1. The largest absolute Gasteiger partial charge is 0.573 e. The van der Waals surface area contributed by atoms with Gasteiger partial charge in [0.2, 0.25) is 0 Å². The van der Waals surface area contributed by atoms with Crippen LogP contribution in [0.3, 0.4) is 0 Å². The van der Waals surface area contributed by atoms with Gasteiger partial charge in [-0.3, -0.25) is 14.6 Å². The molecule has 1 saturated heterocycles. The van der Waals surface area contributed by atoms with Crippen LogP contribution in [0.4, 0.5) is 13.2 Å². The Morgan fingerprint density at radius 2 is 1.61 bits per heavy atom. The first-order valence-corrected chi connectivity index (χ1v) is 16.1. The van der Waals surface area contributed by atoms with Gasteiger partial charge in [0.15, 0.2) is 0 Å². The number of esters is 1. The third kappa shape index (κ3) is 9.17. The maximum Gasteiger partial charge on any atom is 0.573 e. The lowest BCUT2D eigenvalue weighted by Crippen LogP contribution is -2.45. The van der Waals surface area contributed by atoms with Crippen LogP contribution in [0.2, 0.25) is 10.0 Å². The SMILES string of the molecule is CCOC(=O)CNCCCn1cc(-c2ccc(OC(F)(F)F)cc2)c2cc(CN3CCN(Cc4c(Cl)cccc4Cl)CC3)ccc21. The van der Waals surface area contributed by atoms with E-state index in [2.05, 4.69) is 42.6 Å². The lowest BCUT2D eigenvalue weighted by molar-refractivity contribution is -0.274. The summed E-state index contributed by atoms with van der Waals surface area (Å²) in [5.74, 6) is -0.544. The van der Waals surface area contributed by atoms with Crippen molar-refractivity contribution >= 4 is 40.1 Å². The Morgan fingerprint density at radius 1 is 0.935 bits per heavy atom. The molecule has 0 atom stereocenters. The molecule has 246 valence electrons. The monoisotopic (exact) mass is 676 g/mol. The van der Waals surface area contributed by atoms with Crippen molar-refractivity contribution in [2.75, 3.05) is 45.9 Å². The molecule has 2 heterocycles. The Balaban J connectivity index is 1.29. The van der Waals surface area contributed by atoms with Gasteiger partial charge in [0.1, 0.15) is 5.75 Å². The number of carbonyl (C=O) groups excluding carboxylic acids is 1. The fraction of sp³-hybridized carbons (Fsp3) is 0.382. The first-order valence-electron chi connectivity index (χ1n) is 15.3. The molecule has 12 heteroatoms. The van der Waals surface area contributed by atoms with Gasteiger partial charge < -0.3 is 19.4 Å². The average molecular weight is 678 g/mol. The van der Waals surface area contributed by atoms with Crippen molar-refractivity contribution in [3.63, 3.8) is 0 Å². The molecule has 1 fully saturated rings. The topological polar surface area (TPSA) is 59.0 Å². The highest BCUT2D eigenvalue weighted by Crippen LogP contribution is 2.34. The van der Waals surface area contributed by atoms with Crippen molar-refractivity contribution in [3.05, 3.63) is 88.0 Å². The summed E-state index contributed by atoms with van der Waals surface area (Å²) in [5, 5.41) is 5.50. The van der Waals surface area contributed by atoms with E-state index in [0.717, 1.165) is 72.3 Å². The van der Waals surface area contributed by atoms with Crippen LogP contribution in [0, 0.1) is 0 Å². The molecule has 3 aromatic carbocycles. The smallest absolute Gasteiger partial charge is 0.465 e. The van der Waals surface area contributed by atoms with Crippen LogP contribution in [0.5, 0.6) is 5.75 Å². The zero-order valence-corrected chi connectivity index (χ0v) is 27.1. The number of aryl methyl sites for hydroxylation is 1. The number of nitrogens with one attached hydrogen (secondary N) is 1. The molecule has 0 bridgehead atoms. The van der Waals surface area contributed by atoms with Crippen LogP contribution < -0.4 is 10.1 Å². The molecule has 0 unspecified atom stereocenters. The standard InChI is InChI=1S/C34H37Cl2F3N4O3/c1-2-45-33(44)20-40-13-4-14-43-23-28(25-8-10-26(11-9-25)46-34(37,38)39)27-19-24(7-12-32(27)43)21-41-15-17-42(18-16-41)22-29-30(35)5-3-6-31(29)36/h3,5-12,19,23,40H,2,4,13-18,20-22H2,1H3. The molecule has 5 rings (SSSR count). The molecule has 1 aromatic heterocycles. The van der Waals surface area contributed by atoms with E-state index in [0.29, 0.717) is 36.3 Å². The predicted molar refractivity (Wildman–Crippen MR) is 175 cm³/mol. The highest BCUT2D eigenvalue weighted by Gasteiger charge is 2.31. The van der Waals surface area contributed by atoms with Gasteiger partial charge in [0.25, 0.3) is 0 Å². The normalized spacial score (nSPS) is 14.6. The minimum Gasteiger partial charge on any atom is -0.465 e. The zero-order valence-electron chi connectivity index (χ0n) is 25.6. The number of alkyl halides is 3. The number of aromatic nitrogens is 1. The molecule has 1 aliphatic rings. The Labute approximate surface area is 276 Å². The first kappa shape index (κ1) is 34.1. The highest BCUT2D eigenvalue weighted by atomic mass is 35.5. The van der Waals surface area contributed by atoms with Crippen molar-refractivity contribution in [1.82, 2.24) is 19.7 Å². The lowest BCUT2D eigenvalue weighted by atomic mass is 10.0. The number of ether oxygens (including phenoxy) is 2. The van der Waals surface area contributed by atoms with Crippen LogP contribution in [0.1, 0.15) is 24.5 Å². The number of piperazine rings is 1. The van der Waals surface area contributed by atoms with Crippen LogP contribution in [-0.4, -0.2) is 72.6 Å². The molecule has 7 nitrogen and oxygen atoms in total. The van der Waals surface area contributed by atoms with Crippen molar-refractivity contribution < 1.29 is 27.4 Å². The van der Waals surface area contributed by atoms with Crippen molar-refractivity contribution in [2.45, 2.75) is 39.3 Å². The Morgan fingerprint density at radius 3 is 2.26 bits per heavy atom. The van der Waals surface area contributed by atoms with Gasteiger partial charge in [-0.1, -0.05) is 47.5 Å². The van der Waals surface area contributed by atoms with E-state index in [9.17, 15) is 18.0 Å². The maximum atomic E-state index is 12.7. The number of hydrogen-bond donors (Lipinski definition) is 1. The second-order valence-electron chi connectivity index (χ2n) is 11.2. The Bertz CT molecular complexity index is 1600. The van der Waals surface area contributed by atoms with Gasteiger partial charge in [-0.2, -0.15) is 0 Å². The summed E-state index contributed by atoms with van der Waals surface area (Å²) >= 11 is 12.8. The van der Waals surface area contributed by atoms with E-state index in [1.165, 1.54) is 12.1 Å². The number of halogens is 5. The summed E-state index contributed by atoms with van der Waals surface area (Å²) in [5.41, 5.74) is 4.86. The van der Waals surface area contributed by atoms with Gasteiger partial charge >= 0.3 is 12.3 Å². The van der Waals surface area contributed by atoms with Gasteiger partial charge in [-0.05, 0) is 67.4 Å². The molecule has 0 saturated carbocycles. The van der Waals surface area contributed by atoms with Gasteiger partial charge in [-0.15, -0.1) is 13.2 Å². The first-order chi connectivity index (χ1) is 22.1. The second kappa shape index (κ2) is 15.5. The number of fused-ring (bicyclic) bond motifs is 1. The lowest BCUT2D eigenvalue weighted by Gasteiger charge is -2.35. The molecular weight excluding hydrogens is 640 g/mol. The molecule has 1 N–H and O–H groups in total. The summed E-state index contributed by atoms with van der Waals surface area (Å²) in [4.78, 5) is 16.4. The summed E-state index contributed by atoms with van der Waals surface area (Å²) in [6.07, 6.45) is -1.94. The van der Waals surface area contributed by atoms with E-state index in [1.807, 2.05) is 24.4 Å². The minimum atomic E-state index is -4.75. The fourth-order valence-electron chi connectivity index (χ4n) is 5.74. The molecule has 1 aliphatic heterocycles. The summed E-state index contributed by atoms with van der Waals surface area (Å²) in [6.45, 7) is 8.66. The zero-order chi connectivity index (χ0) is 32.7. The summed E-state index contributed by atoms with van der Waals surface area (Å²) in [7, 11) is 0. The van der Waals surface area contributed by atoms with E-state index < -0.39 is 6.36 Å². The molecule has 0 radical (unpaired) electrons. The number of nitrogens with zero attached hydrogens (tertiary/aromatic N) is 3. The number of benzene rings is 3. The van der Waals surface area contributed by atoms with Crippen molar-refractivity contribution in [3.8, 4) is 16.9 Å². The van der Waals surface area contributed by atoms with Gasteiger partial charge in [0.05, 0.1) is 13.2 Å². The third-order valence-electron chi connectivity index (χ3n) is 7.99. The van der Waals surface area contributed by atoms with E-state index >= 15 is 0 Å². The quantitative estimate of drug-likeness (QED) is 0.118. The third-order valence-corrected chi connectivity index (χ3v) is 8.69. The van der Waals surface area contributed by atoms with Gasteiger partial charge in [-0.25, -0.2) is 0 Å². The minimum absolute atomic E-state index is 0.156. The van der Waals surface area contributed by atoms with Crippen LogP contribution >= 0.6 is 23.2 Å². The predicted octanol–water partition coefficient (Wildman–Crippen LogP) is 7.37. The summed E-state index contributed by atoms with van der Waals surface area (Å²) in [6, 6.07) is 18.0. The number of hydrogen-bond acceptors (Lipinski definition) is 6. The molecule has 0 aliphatic carbocycles. The second-order valence-corrected chi connectivity index (χ2v) is 12.1. The average Bonchev–Trinajstić information content (AvgIpc) is 3.37. The maximum absolute atomic E-state index is 12.7. The molecule has 4 aromatic rings. The number of rotatable bonds is 13. The van der Waals surface area contributed by atoms with Gasteiger partial charge in [0, 0.05) is 84.1 Å². The molecule has 0 amide bonds. The molecule has 46 heavy (non-hydrogen) atoms.